The number of carboxylic acid groups (broad SMARTS) is 1. The summed E-state index contributed by atoms with van der Waals surface area (Å²) in [5.74, 6) is -0.810. The number of methoxy groups -OCH3 is 1. The van der Waals surface area contributed by atoms with Crippen LogP contribution in [0.2, 0.25) is 0 Å². The van der Waals surface area contributed by atoms with Gasteiger partial charge in [0.15, 0.2) is 0 Å². The minimum Gasteiger partial charge on any atom is -0.495 e. The number of hydrogen-bond donors (Lipinski definition) is 2. The van der Waals surface area contributed by atoms with E-state index in [4.69, 9.17) is 9.84 Å². The van der Waals surface area contributed by atoms with Crippen molar-refractivity contribution in [2.24, 2.45) is 0 Å². The topological polar surface area (TPSA) is 92.7 Å². The maximum Gasteiger partial charge on any atom is 0.335 e. The van der Waals surface area contributed by atoms with Crippen molar-refractivity contribution in [3.63, 3.8) is 0 Å². The van der Waals surface area contributed by atoms with Crippen molar-refractivity contribution in [2.45, 2.75) is 31.1 Å². The van der Waals surface area contributed by atoms with E-state index in [1.165, 1.54) is 25.3 Å². The molecule has 0 aliphatic heterocycles. The van der Waals surface area contributed by atoms with Crippen LogP contribution in [0.1, 0.15) is 36.7 Å². The molecule has 6 nitrogen and oxygen atoms in total. The largest absolute Gasteiger partial charge is 0.495 e. The summed E-state index contributed by atoms with van der Waals surface area (Å²) < 4.78 is 33.0. The van der Waals surface area contributed by atoms with E-state index >= 15 is 0 Å². The normalized spacial score (nSPS) is 11.8. The number of carbonyl (C=O) groups is 1. The van der Waals surface area contributed by atoms with Crippen LogP contribution in [-0.4, -0.2) is 26.6 Å². The average Bonchev–Trinajstić information content (AvgIpc) is 2.53. The van der Waals surface area contributed by atoms with Crippen LogP contribution in [-0.2, 0) is 15.4 Å². The van der Waals surface area contributed by atoms with Crippen LogP contribution in [0.25, 0.3) is 0 Å². The molecule has 0 radical (unpaired) electrons. The Bertz CT molecular complexity index is 898. The lowest BCUT2D eigenvalue weighted by Crippen LogP contribution is -2.16. The molecule has 0 atom stereocenters. The standard InChI is InChI=1S/C18H21NO5S/c1-18(2,3)13-8-9-16(24-4)15(11-13)19-25(22,23)14-7-5-6-12(10-14)17(20)21/h5-11,19H,1-4H3,(H,20,21). The van der Waals surface area contributed by atoms with Gasteiger partial charge in [0.25, 0.3) is 10.0 Å². The van der Waals surface area contributed by atoms with Gasteiger partial charge in [-0.3, -0.25) is 4.72 Å². The molecule has 0 saturated carbocycles. The molecule has 0 amide bonds. The van der Waals surface area contributed by atoms with E-state index in [1.807, 2.05) is 26.8 Å². The van der Waals surface area contributed by atoms with Gasteiger partial charge in [0.2, 0.25) is 0 Å². The number of sulfonamides is 1. The number of nitrogens with one attached hydrogen (secondary N) is 1. The van der Waals surface area contributed by atoms with Gasteiger partial charge in [-0.15, -0.1) is 0 Å². The van der Waals surface area contributed by atoms with E-state index in [1.54, 1.807) is 12.1 Å². The Hall–Kier alpha value is -2.54. The van der Waals surface area contributed by atoms with Crippen LogP contribution in [0.3, 0.4) is 0 Å². The highest BCUT2D eigenvalue weighted by molar-refractivity contribution is 7.92. The highest BCUT2D eigenvalue weighted by atomic mass is 32.2. The van der Waals surface area contributed by atoms with E-state index < -0.39 is 16.0 Å². The summed E-state index contributed by atoms with van der Waals surface area (Å²) in [7, 11) is -2.50. The van der Waals surface area contributed by atoms with Crippen LogP contribution < -0.4 is 9.46 Å². The lowest BCUT2D eigenvalue weighted by atomic mass is 9.87. The Morgan fingerprint density at radius 2 is 1.80 bits per heavy atom. The number of benzene rings is 2. The second-order valence-corrected chi connectivity index (χ2v) is 8.29. The lowest BCUT2D eigenvalue weighted by Gasteiger charge is -2.21. The molecule has 0 aliphatic rings. The molecule has 0 saturated heterocycles. The van der Waals surface area contributed by atoms with Gasteiger partial charge in [-0.25, -0.2) is 13.2 Å². The monoisotopic (exact) mass is 363 g/mol. The van der Waals surface area contributed by atoms with Gasteiger partial charge in [-0.05, 0) is 41.3 Å². The van der Waals surface area contributed by atoms with Gasteiger partial charge < -0.3 is 9.84 Å². The average molecular weight is 363 g/mol. The molecule has 0 aliphatic carbocycles. The molecule has 2 aromatic rings. The van der Waals surface area contributed by atoms with Gasteiger partial charge in [0.1, 0.15) is 5.75 Å². The first-order chi connectivity index (χ1) is 11.5. The Balaban J connectivity index is 2.47. The predicted molar refractivity (Wildman–Crippen MR) is 95.9 cm³/mol. The SMILES string of the molecule is COc1ccc(C(C)(C)C)cc1NS(=O)(=O)c1cccc(C(=O)O)c1. The molecule has 0 bridgehead atoms. The van der Waals surface area contributed by atoms with E-state index in [-0.39, 0.29) is 15.9 Å². The highest BCUT2D eigenvalue weighted by Crippen LogP contribution is 2.32. The maximum atomic E-state index is 12.6. The molecule has 0 unspecified atom stereocenters. The van der Waals surface area contributed by atoms with Crippen molar-refractivity contribution in [1.29, 1.82) is 0 Å². The summed E-state index contributed by atoms with van der Waals surface area (Å²) in [5, 5.41) is 9.04. The summed E-state index contributed by atoms with van der Waals surface area (Å²) in [4.78, 5) is 10.9. The Kier molecular flexibility index (Phi) is 5.08. The zero-order chi connectivity index (χ0) is 18.8. The summed E-state index contributed by atoms with van der Waals surface area (Å²) >= 11 is 0. The molecule has 2 rings (SSSR count). The first-order valence-corrected chi connectivity index (χ1v) is 9.07. The van der Waals surface area contributed by atoms with Crippen molar-refractivity contribution in [3.8, 4) is 5.75 Å². The smallest absolute Gasteiger partial charge is 0.335 e. The number of ether oxygens (including phenoxy) is 1. The molecule has 25 heavy (non-hydrogen) atoms. The number of carboxylic acids is 1. The number of aromatic carboxylic acids is 1. The van der Waals surface area contributed by atoms with E-state index in [2.05, 4.69) is 4.72 Å². The Morgan fingerprint density at radius 3 is 2.36 bits per heavy atom. The van der Waals surface area contributed by atoms with E-state index in [9.17, 15) is 13.2 Å². The van der Waals surface area contributed by atoms with Gasteiger partial charge >= 0.3 is 5.97 Å². The maximum absolute atomic E-state index is 12.6. The predicted octanol–water partition coefficient (Wildman–Crippen LogP) is 3.49. The minimum absolute atomic E-state index is 0.0988. The first-order valence-electron chi connectivity index (χ1n) is 7.59. The van der Waals surface area contributed by atoms with Crippen LogP contribution >= 0.6 is 0 Å². The van der Waals surface area contributed by atoms with Crippen molar-refractivity contribution >= 4 is 21.7 Å². The van der Waals surface area contributed by atoms with Gasteiger partial charge in [-0.1, -0.05) is 32.9 Å². The van der Waals surface area contributed by atoms with Gasteiger partial charge in [-0.2, -0.15) is 0 Å². The van der Waals surface area contributed by atoms with Crippen LogP contribution in [0.15, 0.2) is 47.4 Å². The fourth-order valence-electron chi connectivity index (χ4n) is 2.25. The van der Waals surface area contributed by atoms with Crippen LogP contribution in [0, 0.1) is 0 Å². The molecule has 2 N–H and O–H groups in total. The van der Waals surface area contributed by atoms with E-state index in [0.29, 0.717) is 11.4 Å². The third-order valence-corrected chi connectivity index (χ3v) is 5.06. The molecule has 0 fully saturated rings. The Labute approximate surface area is 147 Å². The second-order valence-electron chi connectivity index (χ2n) is 6.60. The Morgan fingerprint density at radius 1 is 1.12 bits per heavy atom. The summed E-state index contributed by atoms with van der Waals surface area (Å²) in [5.41, 5.74) is 0.967. The van der Waals surface area contributed by atoms with Gasteiger partial charge in [0.05, 0.1) is 23.3 Å². The fraction of sp³-hybridized carbons (Fsp3) is 0.278. The van der Waals surface area contributed by atoms with Crippen molar-refractivity contribution < 1.29 is 23.1 Å². The number of hydrogen-bond acceptors (Lipinski definition) is 4. The molecule has 0 heterocycles. The summed E-state index contributed by atoms with van der Waals surface area (Å²) in [6.45, 7) is 6.05. The third-order valence-electron chi connectivity index (χ3n) is 3.70. The number of rotatable bonds is 5. The molecule has 0 spiro atoms. The summed E-state index contributed by atoms with van der Waals surface area (Å²) in [6, 6.07) is 10.5. The summed E-state index contributed by atoms with van der Waals surface area (Å²) in [6.07, 6.45) is 0. The van der Waals surface area contributed by atoms with E-state index in [0.717, 1.165) is 11.6 Å². The molecule has 134 valence electrons. The molecule has 0 aromatic heterocycles. The zero-order valence-electron chi connectivity index (χ0n) is 14.5. The third kappa shape index (κ3) is 4.30. The first kappa shape index (κ1) is 18.8. The molecule has 7 heteroatoms. The quantitative estimate of drug-likeness (QED) is 0.848. The highest BCUT2D eigenvalue weighted by Gasteiger charge is 2.21. The molecule has 2 aromatic carbocycles. The van der Waals surface area contributed by atoms with Crippen molar-refractivity contribution in [2.75, 3.05) is 11.8 Å². The molecular formula is C18H21NO5S. The zero-order valence-corrected chi connectivity index (χ0v) is 15.3. The molecular weight excluding hydrogens is 342 g/mol. The van der Waals surface area contributed by atoms with Crippen molar-refractivity contribution in [3.05, 3.63) is 53.6 Å². The van der Waals surface area contributed by atoms with Crippen molar-refractivity contribution in [1.82, 2.24) is 0 Å². The van der Waals surface area contributed by atoms with Gasteiger partial charge in [0, 0.05) is 0 Å². The van der Waals surface area contributed by atoms with Crippen LogP contribution in [0.4, 0.5) is 5.69 Å². The lowest BCUT2D eigenvalue weighted by molar-refractivity contribution is 0.0696. The number of anilines is 1. The second kappa shape index (κ2) is 6.76. The minimum atomic E-state index is -3.96. The fourth-order valence-corrected chi connectivity index (χ4v) is 3.36. The van der Waals surface area contributed by atoms with Crippen LogP contribution in [0.5, 0.6) is 5.75 Å².